The number of carboxylic acid groups (broad SMARTS) is 2. The van der Waals surface area contributed by atoms with Gasteiger partial charge in [-0.2, -0.15) is 0 Å². The molecule has 1 fully saturated rings. The lowest BCUT2D eigenvalue weighted by molar-refractivity contribution is -0.156. The summed E-state index contributed by atoms with van der Waals surface area (Å²) in [5, 5.41) is 18.6. The summed E-state index contributed by atoms with van der Waals surface area (Å²) in [7, 11) is 0. The topological polar surface area (TPSA) is 74.6 Å². The summed E-state index contributed by atoms with van der Waals surface area (Å²) in [6.07, 6.45) is 10.1. The summed E-state index contributed by atoms with van der Waals surface area (Å²) >= 11 is 0. The van der Waals surface area contributed by atoms with Crippen LogP contribution in [0.2, 0.25) is 0 Å². The molecule has 0 aromatic carbocycles. The second-order valence-corrected chi connectivity index (χ2v) is 6.05. The van der Waals surface area contributed by atoms with Gasteiger partial charge in [0.05, 0.1) is 11.3 Å². The Hall–Kier alpha value is -1.32. The minimum atomic E-state index is -0.778. The number of allylic oxidation sites excluding steroid dienone is 2. The molecule has 2 rings (SSSR count). The SMILES string of the molecule is O=C(O)C1CCC(CC2CC=CCC2)(C(=O)O)CC1. The second-order valence-electron chi connectivity index (χ2n) is 6.05. The molecule has 4 heteroatoms. The Kier molecular flexibility index (Phi) is 4.27. The molecule has 0 amide bonds. The van der Waals surface area contributed by atoms with Crippen LogP contribution in [0.4, 0.5) is 0 Å². The predicted molar refractivity (Wildman–Crippen MR) is 70.8 cm³/mol. The molecule has 19 heavy (non-hydrogen) atoms. The summed E-state index contributed by atoms with van der Waals surface area (Å²) in [4.78, 5) is 22.6. The molecule has 1 atom stereocenters. The van der Waals surface area contributed by atoms with Crippen molar-refractivity contribution in [3.63, 3.8) is 0 Å². The van der Waals surface area contributed by atoms with Crippen molar-refractivity contribution in [1.82, 2.24) is 0 Å². The van der Waals surface area contributed by atoms with Crippen molar-refractivity contribution < 1.29 is 19.8 Å². The van der Waals surface area contributed by atoms with E-state index in [0.29, 0.717) is 38.0 Å². The molecule has 2 aliphatic carbocycles. The molecule has 0 spiro atoms. The van der Waals surface area contributed by atoms with Gasteiger partial charge >= 0.3 is 11.9 Å². The predicted octanol–water partition coefficient (Wildman–Crippen LogP) is 3.08. The van der Waals surface area contributed by atoms with Crippen molar-refractivity contribution in [2.45, 2.75) is 51.4 Å². The maximum Gasteiger partial charge on any atom is 0.309 e. The third kappa shape index (κ3) is 3.17. The molecule has 0 aromatic heterocycles. The van der Waals surface area contributed by atoms with Crippen LogP contribution in [-0.4, -0.2) is 22.2 Å². The molecule has 0 saturated heterocycles. The lowest BCUT2D eigenvalue weighted by Gasteiger charge is -2.38. The molecular formula is C15H22O4. The fraction of sp³-hybridized carbons (Fsp3) is 0.733. The molecule has 0 bridgehead atoms. The number of rotatable bonds is 4. The van der Waals surface area contributed by atoms with Gasteiger partial charge in [0.15, 0.2) is 0 Å². The van der Waals surface area contributed by atoms with Gasteiger partial charge in [-0.25, -0.2) is 0 Å². The highest BCUT2D eigenvalue weighted by Gasteiger charge is 2.44. The van der Waals surface area contributed by atoms with E-state index in [9.17, 15) is 14.7 Å². The van der Waals surface area contributed by atoms with E-state index in [2.05, 4.69) is 12.2 Å². The summed E-state index contributed by atoms with van der Waals surface area (Å²) in [6, 6.07) is 0. The second kappa shape index (κ2) is 5.76. The monoisotopic (exact) mass is 266 g/mol. The van der Waals surface area contributed by atoms with Crippen molar-refractivity contribution in [3.8, 4) is 0 Å². The molecule has 4 nitrogen and oxygen atoms in total. The zero-order valence-electron chi connectivity index (χ0n) is 11.2. The molecule has 1 unspecified atom stereocenters. The van der Waals surface area contributed by atoms with Crippen molar-refractivity contribution in [3.05, 3.63) is 12.2 Å². The van der Waals surface area contributed by atoms with E-state index in [1.807, 2.05) is 0 Å². The molecule has 0 aliphatic heterocycles. The Morgan fingerprint density at radius 2 is 1.79 bits per heavy atom. The Labute approximate surface area is 113 Å². The number of aliphatic carboxylic acids is 2. The van der Waals surface area contributed by atoms with Crippen molar-refractivity contribution in [2.24, 2.45) is 17.3 Å². The van der Waals surface area contributed by atoms with Gasteiger partial charge in [-0.05, 0) is 57.3 Å². The largest absolute Gasteiger partial charge is 0.481 e. The van der Waals surface area contributed by atoms with Gasteiger partial charge in [0.25, 0.3) is 0 Å². The highest BCUT2D eigenvalue weighted by molar-refractivity contribution is 5.76. The fourth-order valence-corrected chi connectivity index (χ4v) is 3.52. The van der Waals surface area contributed by atoms with Crippen LogP contribution in [0.25, 0.3) is 0 Å². The van der Waals surface area contributed by atoms with E-state index >= 15 is 0 Å². The van der Waals surface area contributed by atoms with Crippen LogP contribution in [0, 0.1) is 17.3 Å². The van der Waals surface area contributed by atoms with Gasteiger partial charge in [-0.3, -0.25) is 9.59 Å². The van der Waals surface area contributed by atoms with E-state index in [1.54, 1.807) is 0 Å². The van der Waals surface area contributed by atoms with Crippen molar-refractivity contribution >= 4 is 11.9 Å². The van der Waals surface area contributed by atoms with Crippen molar-refractivity contribution in [2.75, 3.05) is 0 Å². The van der Waals surface area contributed by atoms with Crippen LogP contribution >= 0.6 is 0 Å². The standard InChI is InChI=1S/C15H22O4/c16-13(17)12-6-8-15(9-7-12,14(18)19)10-11-4-2-1-3-5-11/h1-2,11-12H,3-10H2,(H,16,17)(H,18,19). The van der Waals surface area contributed by atoms with Crippen LogP contribution in [0.3, 0.4) is 0 Å². The maximum atomic E-state index is 11.7. The summed E-state index contributed by atoms with van der Waals surface area (Å²) < 4.78 is 0. The zero-order valence-corrected chi connectivity index (χ0v) is 11.2. The Bertz CT molecular complexity index is 378. The van der Waals surface area contributed by atoms with E-state index in [1.165, 1.54) is 0 Å². The first-order valence-electron chi connectivity index (χ1n) is 7.15. The lowest BCUT2D eigenvalue weighted by atomic mass is 9.65. The van der Waals surface area contributed by atoms with E-state index < -0.39 is 17.4 Å². The number of hydrogen-bond donors (Lipinski definition) is 2. The van der Waals surface area contributed by atoms with Crippen LogP contribution in [0.1, 0.15) is 51.4 Å². The van der Waals surface area contributed by atoms with Crippen molar-refractivity contribution in [1.29, 1.82) is 0 Å². The highest BCUT2D eigenvalue weighted by Crippen LogP contribution is 2.45. The molecule has 0 aromatic rings. The maximum absolute atomic E-state index is 11.7. The number of carboxylic acids is 2. The number of carbonyl (C=O) groups is 2. The summed E-state index contributed by atoms with van der Waals surface area (Å²) in [5.41, 5.74) is -0.679. The average Bonchev–Trinajstić information content (AvgIpc) is 2.40. The third-order valence-corrected chi connectivity index (χ3v) is 4.80. The average molecular weight is 266 g/mol. The Morgan fingerprint density at radius 3 is 2.26 bits per heavy atom. The first-order valence-corrected chi connectivity index (χ1v) is 7.15. The van der Waals surface area contributed by atoms with Gasteiger partial charge in [0, 0.05) is 0 Å². The minimum absolute atomic E-state index is 0.348. The third-order valence-electron chi connectivity index (χ3n) is 4.80. The van der Waals surface area contributed by atoms with Gasteiger partial charge in [0.2, 0.25) is 0 Å². The van der Waals surface area contributed by atoms with E-state index in [4.69, 9.17) is 5.11 Å². The fourth-order valence-electron chi connectivity index (χ4n) is 3.52. The van der Waals surface area contributed by atoms with Gasteiger partial charge in [-0.1, -0.05) is 12.2 Å². The van der Waals surface area contributed by atoms with E-state index in [0.717, 1.165) is 19.3 Å². The van der Waals surface area contributed by atoms with Gasteiger partial charge < -0.3 is 10.2 Å². The summed E-state index contributed by atoms with van der Waals surface area (Å²) in [6.45, 7) is 0. The minimum Gasteiger partial charge on any atom is -0.481 e. The smallest absolute Gasteiger partial charge is 0.309 e. The van der Waals surface area contributed by atoms with Crippen LogP contribution in [0.15, 0.2) is 12.2 Å². The Morgan fingerprint density at radius 1 is 1.11 bits per heavy atom. The molecular weight excluding hydrogens is 244 g/mol. The lowest BCUT2D eigenvalue weighted by Crippen LogP contribution is -2.38. The number of hydrogen-bond acceptors (Lipinski definition) is 2. The molecule has 0 heterocycles. The van der Waals surface area contributed by atoms with Crippen LogP contribution in [0.5, 0.6) is 0 Å². The van der Waals surface area contributed by atoms with Gasteiger partial charge in [-0.15, -0.1) is 0 Å². The van der Waals surface area contributed by atoms with Gasteiger partial charge in [0.1, 0.15) is 0 Å². The van der Waals surface area contributed by atoms with Crippen LogP contribution < -0.4 is 0 Å². The normalized spacial score (nSPS) is 34.9. The molecule has 2 N–H and O–H groups in total. The zero-order chi connectivity index (χ0) is 13.9. The van der Waals surface area contributed by atoms with E-state index in [-0.39, 0.29) is 5.92 Å². The molecule has 106 valence electrons. The molecule has 0 radical (unpaired) electrons. The molecule has 1 saturated carbocycles. The first kappa shape index (κ1) is 14.1. The van der Waals surface area contributed by atoms with Crippen LogP contribution in [-0.2, 0) is 9.59 Å². The summed E-state index contributed by atoms with van der Waals surface area (Å²) in [5.74, 6) is -1.41. The Balaban J connectivity index is 2.01. The molecule has 2 aliphatic rings. The quantitative estimate of drug-likeness (QED) is 0.767. The first-order chi connectivity index (χ1) is 9.03. The highest BCUT2D eigenvalue weighted by atomic mass is 16.4.